The average Bonchev–Trinajstić information content (AvgIpc) is 2.87. The first-order chi connectivity index (χ1) is 10.5. The van der Waals surface area contributed by atoms with Crippen molar-refractivity contribution >= 4 is 5.97 Å². The van der Waals surface area contributed by atoms with Gasteiger partial charge in [-0.2, -0.15) is 0 Å². The molecule has 1 aromatic heterocycles. The molecule has 1 fully saturated rings. The Hall–Kier alpha value is -1.40. The van der Waals surface area contributed by atoms with E-state index in [4.69, 9.17) is 0 Å². The molecule has 0 radical (unpaired) electrons. The molecule has 0 saturated carbocycles. The second-order valence-electron chi connectivity index (χ2n) is 6.30. The number of aliphatic carboxylic acids is 1. The summed E-state index contributed by atoms with van der Waals surface area (Å²) >= 11 is 0. The summed E-state index contributed by atoms with van der Waals surface area (Å²) in [6.07, 6.45) is 5.81. The minimum atomic E-state index is -0.952. The fraction of sp³-hybridized carbons (Fsp3) is 0.750. The molecule has 1 aliphatic heterocycles. The van der Waals surface area contributed by atoms with E-state index in [1.165, 1.54) is 0 Å². The van der Waals surface area contributed by atoms with Gasteiger partial charge in [-0.15, -0.1) is 0 Å². The quantitative estimate of drug-likeness (QED) is 0.798. The highest BCUT2D eigenvalue weighted by Gasteiger charge is 2.47. The number of aliphatic hydroxyl groups excluding tert-OH is 1. The Kier molecular flexibility index (Phi) is 5.58. The molecule has 0 spiro atoms. The lowest BCUT2D eigenvalue weighted by molar-refractivity contribution is -0.163. The third-order valence-electron chi connectivity index (χ3n) is 4.86. The van der Waals surface area contributed by atoms with Crippen molar-refractivity contribution in [3.63, 3.8) is 0 Å². The maximum Gasteiger partial charge on any atom is 0.312 e. The van der Waals surface area contributed by atoms with Crippen LogP contribution in [-0.4, -0.2) is 56.4 Å². The molecule has 1 aromatic rings. The molecule has 22 heavy (non-hydrogen) atoms. The van der Waals surface area contributed by atoms with Crippen LogP contribution >= 0.6 is 0 Å². The molecule has 1 unspecified atom stereocenters. The zero-order valence-corrected chi connectivity index (χ0v) is 13.5. The van der Waals surface area contributed by atoms with Crippen LogP contribution in [-0.2, 0) is 11.3 Å². The second-order valence-corrected chi connectivity index (χ2v) is 6.30. The maximum atomic E-state index is 11.6. The molecule has 2 rings (SSSR count). The molecule has 6 heteroatoms. The number of hydrogen-bond acceptors (Lipinski definition) is 4. The van der Waals surface area contributed by atoms with Crippen LogP contribution < -0.4 is 0 Å². The molecular weight excluding hydrogens is 282 g/mol. The van der Waals surface area contributed by atoms with Gasteiger partial charge in [0.15, 0.2) is 0 Å². The van der Waals surface area contributed by atoms with Gasteiger partial charge in [-0.1, -0.05) is 13.3 Å². The van der Waals surface area contributed by atoms with Gasteiger partial charge < -0.3 is 19.7 Å². The van der Waals surface area contributed by atoms with E-state index >= 15 is 0 Å². The summed E-state index contributed by atoms with van der Waals surface area (Å²) in [5.41, 5.74) is -0.952. The van der Waals surface area contributed by atoms with Crippen LogP contribution in [0, 0.1) is 12.3 Å². The number of hydrogen-bond donors (Lipinski definition) is 2. The number of aromatic nitrogens is 2. The van der Waals surface area contributed by atoms with Crippen LogP contribution in [0.1, 0.15) is 38.4 Å². The van der Waals surface area contributed by atoms with Crippen LogP contribution in [0.15, 0.2) is 12.4 Å². The van der Waals surface area contributed by atoms with Gasteiger partial charge in [0.25, 0.3) is 0 Å². The van der Waals surface area contributed by atoms with E-state index in [2.05, 4.69) is 14.5 Å². The molecule has 0 aromatic carbocycles. The maximum absolute atomic E-state index is 11.6. The van der Waals surface area contributed by atoms with E-state index in [9.17, 15) is 15.0 Å². The van der Waals surface area contributed by atoms with Crippen molar-refractivity contribution < 1.29 is 15.0 Å². The summed E-state index contributed by atoms with van der Waals surface area (Å²) in [5.74, 6) is 0.155. The molecule has 2 atom stereocenters. The molecule has 0 bridgehead atoms. The van der Waals surface area contributed by atoms with Crippen molar-refractivity contribution in [2.75, 3.05) is 19.6 Å². The predicted molar refractivity (Wildman–Crippen MR) is 83.6 cm³/mol. The minimum Gasteiger partial charge on any atom is -0.481 e. The van der Waals surface area contributed by atoms with Gasteiger partial charge in [-0.05, 0) is 39.3 Å². The van der Waals surface area contributed by atoms with Gasteiger partial charge >= 0.3 is 5.97 Å². The SMILES string of the molecule is CCC[C@]1(C(=O)O)CCN(CCCn2ccnc2C)CC1O. The fourth-order valence-corrected chi connectivity index (χ4v) is 3.44. The van der Waals surface area contributed by atoms with E-state index in [1.54, 1.807) is 6.20 Å². The Morgan fingerprint density at radius 3 is 2.82 bits per heavy atom. The Balaban J connectivity index is 1.84. The smallest absolute Gasteiger partial charge is 0.312 e. The Morgan fingerprint density at radius 1 is 1.50 bits per heavy atom. The minimum absolute atomic E-state index is 0.454. The number of likely N-dealkylation sites (tertiary alicyclic amines) is 1. The van der Waals surface area contributed by atoms with Crippen LogP contribution in [0.2, 0.25) is 0 Å². The normalized spacial score (nSPS) is 26.2. The van der Waals surface area contributed by atoms with Gasteiger partial charge in [0.05, 0.1) is 11.5 Å². The summed E-state index contributed by atoms with van der Waals surface area (Å²) < 4.78 is 2.11. The molecule has 1 saturated heterocycles. The van der Waals surface area contributed by atoms with Crippen molar-refractivity contribution in [1.82, 2.24) is 14.5 Å². The number of rotatable bonds is 7. The van der Waals surface area contributed by atoms with Crippen molar-refractivity contribution in [3.8, 4) is 0 Å². The highest BCUT2D eigenvalue weighted by atomic mass is 16.4. The first-order valence-electron chi connectivity index (χ1n) is 8.11. The van der Waals surface area contributed by atoms with Gasteiger partial charge in [0, 0.05) is 25.5 Å². The van der Waals surface area contributed by atoms with Crippen LogP contribution in [0.3, 0.4) is 0 Å². The first kappa shape index (κ1) is 17.0. The van der Waals surface area contributed by atoms with Crippen molar-refractivity contribution in [2.24, 2.45) is 5.41 Å². The molecule has 2 N–H and O–H groups in total. The number of β-amino-alcohol motifs (C(OH)–C–C–N with tert-alkyl or cyclic N) is 1. The Labute approximate surface area is 131 Å². The largest absolute Gasteiger partial charge is 0.481 e. The molecule has 1 aliphatic rings. The van der Waals surface area contributed by atoms with E-state index < -0.39 is 17.5 Å². The number of imidazole rings is 1. The van der Waals surface area contributed by atoms with E-state index in [-0.39, 0.29) is 0 Å². The summed E-state index contributed by atoms with van der Waals surface area (Å²) in [4.78, 5) is 18.0. The molecule has 124 valence electrons. The molecule has 2 heterocycles. The fourth-order valence-electron chi connectivity index (χ4n) is 3.44. The average molecular weight is 309 g/mol. The lowest BCUT2D eigenvalue weighted by Crippen LogP contribution is -2.54. The molecular formula is C16H27N3O3. The molecule has 0 amide bonds. The summed E-state index contributed by atoms with van der Waals surface area (Å²) in [6.45, 7) is 6.92. The Morgan fingerprint density at radius 2 is 2.27 bits per heavy atom. The molecule has 6 nitrogen and oxygen atoms in total. The summed E-state index contributed by atoms with van der Waals surface area (Å²) in [5, 5.41) is 19.9. The van der Waals surface area contributed by atoms with Crippen LogP contribution in [0.25, 0.3) is 0 Å². The second kappa shape index (κ2) is 7.24. The Bertz CT molecular complexity index is 503. The number of carboxylic acids is 1. The summed E-state index contributed by atoms with van der Waals surface area (Å²) in [6, 6.07) is 0. The number of nitrogens with zero attached hydrogens (tertiary/aromatic N) is 3. The number of carboxylic acid groups (broad SMARTS) is 1. The van der Waals surface area contributed by atoms with Crippen molar-refractivity contribution in [2.45, 2.75) is 52.2 Å². The number of aryl methyl sites for hydroxylation is 2. The first-order valence-corrected chi connectivity index (χ1v) is 8.11. The van der Waals surface area contributed by atoms with Gasteiger partial charge in [-0.25, -0.2) is 4.98 Å². The van der Waals surface area contributed by atoms with Gasteiger partial charge in [0.2, 0.25) is 0 Å². The van der Waals surface area contributed by atoms with E-state index in [0.717, 1.165) is 38.3 Å². The zero-order chi connectivity index (χ0) is 16.2. The predicted octanol–water partition coefficient (Wildman–Crippen LogP) is 1.52. The highest BCUT2D eigenvalue weighted by molar-refractivity contribution is 5.75. The van der Waals surface area contributed by atoms with Crippen LogP contribution in [0.4, 0.5) is 0 Å². The van der Waals surface area contributed by atoms with Gasteiger partial charge in [0.1, 0.15) is 5.82 Å². The van der Waals surface area contributed by atoms with E-state index in [1.807, 2.05) is 20.0 Å². The number of piperidine rings is 1. The van der Waals surface area contributed by atoms with Crippen molar-refractivity contribution in [1.29, 1.82) is 0 Å². The van der Waals surface area contributed by atoms with Crippen LogP contribution in [0.5, 0.6) is 0 Å². The third kappa shape index (κ3) is 3.50. The summed E-state index contributed by atoms with van der Waals surface area (Å²) in [7, 11) is 0. The monoisotopic (exact) mass is 309 g/mol. The lowest BCUT2D eigenvalue weighted by Gasteiger charge is -2.42. The van der Waals surface area contributed by atoms with Gasteiger partial charge in [-0.3, -0.25) is 4.79 Å². The number of aliphatic hydroxyl groups is 1. The zero-order valence-electron chi connectivity index (χ0n) is 13.5. The third-order valence-corrected chi connectivity index (χ3v) is 4.86. The topological polar surface area (TPSA) is 78.6 Å². The standard InChI is InChI=1S/C16H27N3O3/c1-3-5-16(15(21)22)6-10-18(12-14(16)20)8-4-9-19-11-7-17-13(19)2/h7,11,14,20H,3-6,8-10,12H2,1-2H3,(H,21,22)/t14?,16-/m0/s1. The van der Waals surface area contributed by atoms with Crippen molar-refractivity contribution in [3.05, 3.63) is 18.2 Å². The highest BCUT2D eigenvalue weighted by Crippen LogP contribution is 2.36. The molecule has 0 aliphatic carbocycles. The lowest BCUT2D eigenvalue weighted by atomic mass is 9.73. The number of carbonyl (C=O) groups is 1. The van der Waals surface area contributed by atoms with E-state index in [0.29, 0.717) is 19.4 Å².